The van der Waals surface area contributed by atoms with Gasteiger partial charge in [0.2, 0.25) is 0 Å². The van der Waals surface area contributed by atoms with Crippen LogP contribution in [0.2, 0.25) is 0 Å². The monoisotopic (exact) mass is 198 g/mol. The molecule has 0 saturated heterocycles. The Balaban J connectivity index is 2.10. The molecule has 1 aromatic rings. The molecule has 1 heterocycles. The molecular weight excluding hydrogens is 184 g/mol. The van der Waals surface area contributed by atoms with E-state index in [1.54, 1.807) is 11.3 Å². The first kappa shape index (κ1) is 8.97. The molecule has 1 N–H and O–H groups in total. The zero-order valence-corrected chi connectivity index (χ0v) is 8.55. The van der Waals surface area contributed by atoms with Gasteiger partial charge in [-0.3, -0.25) is 0 Å². The summed E-state index contributed by atoms with van der Waals surface area (Å²) in [6.45, 7) is 2.94. The Bertz CT molecular complexity index is 283. The summed E-state index contributed by atoms with van der Waals surface area (Å²) in [6, 6.07) is 0.637. The van der Waals surface area contributed by atoms with E-state index in [-0.39, 0.29) is 6.61 Å². The average Bonchev–Trinajstić information content (AvgIpc) is 2.85. The smallest absolute Gasteiger partial charge is 0.185 e. The lowest BCUT2D eigenvalue weighted by Crippen LogP contribution is -2.28. The van der Waals surface area contributed by atoms with Gasteiger partial charge in [-0.25, -0.2) is 4.98 Å². The molecule has 1 aliphatic carbocycles. The number of rotatable bonds is 4. The van der Waals surface area contributed by atoms with Crippen LogP contribution >= 0.6 is 11.3 Å². The highest BCUT2D eigenvalue weighted by Crippen LogP contribution is 2.32. The Morgan fingerprint density at radius 1 is 1.69 bits per heavy atom. The van der Waals surface area contributed by atoms with Gasteiger partial charge in [0.25, 0.3) is 0 Å². The second kappa shape index (κ2) is 3.64. The fraction of sp³-hybridized carbons (Fsp3) is 0.667. The third kappa shape index (κ3) is 2.00. The summed E-state index contributed by atoms with van der Waals surface area (Å²) >= 11 is 1.67. The van der Waals surface area contributed by atoms with E-state index in [2.05, 4.69) is 15.3 Å². The first-order chi connectivity index (χ1) is 6.31. The van der Waals surface area contributed by atoms with Gasteiger partial charge in [0, 0.05) is 18.0 Å². The molecule has 0 radical (unpaired) electrons. The minimum absolute atomic E-state index is 0.217. The van der Waals surface area contributed by atoms with Crippen LogP contribution < -0.4 is 4.90 Å². The Kier molecular flexibility index (Phi) is 2.51. The minimum atomic E-state index is 0.217. The van der Waals surface area contributed by atoms with Gasteiger partial charge in [-0.1, -0.05) is 0 Å². The number of thiazole rings is 1. The van der Waals surface area contributed by atoms with Gasteiger partial charge in [-0.05, 0) is 19.8 Å². The number of hydrogen-bond donors (Lipinski definition) is 1. The predicted molar refractivity (Wildman–Crippen MR) is 54.3 cm³/mol. The van der Waals surface area contributed by atoms with Gasteiger partial charge in [0.05, 0.1) is 12.3 Å². The van der Waals surface area contributed by atoms with Crippen LogP contribution in [-0.4, -0.2) is 29.3 Å². The molecule has 72 valence electrons. The number of aryl methyl sites for hydroxylation is 1. The predicted octanol–water partition coefficient (Wildman–Crippen LogP) is 1.41. The topological polar surface area (TPSA) is 36.4 Å². The van der Waals surface area contributed by atoms with Crippen molar-refractivity contribution in [3.63, 3.8) is 0 Å². The van der Waals surface area contributed by atoms with Gasteiger partial charge in [0.15, 0.2) is 5.13 Å². The molecule has 4 heteroatoms. The van der Waals surface area contributed by atoms with Crippen LogP contribution in [0.15, 0.2) is 5.38 Å². The lowest BCUT2D eigenvalue weighted by atomic mass is 10.5. The summed E-state index contributed by atoms with van der Waals surface area (Å²) in [4.78, 5) is 6.64. The SMILES string of the molecule is Cc1csc(N(CCO)C2CC2)n1. The van der Waals surface area contributed by atoms with Crippen molar-refractivity contribution < 1.29 is 5.11 Å². The Morgan fingerprint density at radius 3 is 2.92 bits per heavy atom. The van der Waals surface area contributed by atoms with Crippen LogP contribution in [0.4, 0.5) is 5.13 Å². The molecule has 13 heavy (non-hydrogen) atoms. The quantitative estimate of drug-likeness (QED) is 0.794. The summed E-state index contributed by atoms with van der Waals surface area (Å²) < 4.78 is 0. The summed E-state index contributed by atoms with van der Waals surface area (Å²) in [7, 11) is 0. The van der Waals surface area contributed by atoms with Crippen LogP contribution in [0.3, 0.4) is 0 Å². The molecular formula is C9H14N2OS. The zero-order valence-electron chi connectivity index (χ0n) is 7.73. The van der Waals surface area contributed by atoms with E-state index in [0.717, 1.165) is 17.4 Å². The van der Waals surface area contributed by atoms with Crippen molar-refractivity contribution in [1.29, 1.82) is 0 Å². The highest BCUT2D eigenvalue weighted by molar-refractivity contribution is 7.13. The van der Waals surface area contributed by atoms with Crippen molar-refractivity contribution in [2.75, 3.05) is 18.1 Å². The molecule has 1 aromatic heterocycles. The summed E-state index contributed by atoms with van der Waals surface area (Å²) in [5.41, 5.74) is 1.07. The van der Waals surface area contributed by atoms with E-state index in [9.17, 15) is 0 Å². The van der Waals surface area contributed by atoms with Crippen molar-refractivity contribution in [2.24, 2.45) is 0 Å². The number of nitrogens with zero attached hydrogens (tertiary/aromatic N) is 2. The van der Waals surface area contributed by atoms with Gasteiger partial charge in [0.1, 0.15) is 0 Å². The maximum atomic E-state index is 8.92. The van der Waals surface area contributed by atoms with E-state index in [1.807, 2.05) is 6.92 Å². The van der Waals surface area contributed by atoms with Crippen LogP contribution in [-0.2, 0) is 0 Å². The molecule has 0 bridgehead atoms. The van der Waals surface area contributed by atoms with Crippen molar-refractivity contribution >= 4 is 16.5 Å². The number of anilines is 1. The standard InChI is InChI=1S/C9H14N2OS/c1-7-6-13-9(10-7)11(4-5-12)8-2-3-8/h6,8,12H,2-5H2,1H3. The molecule has 0 amide bonds. The first-order valence-corrected chi connectivity index (χ1v) is 5.49. The highest BCUT2D eigenvalue weighted by atomic mass is 32.1. The maximum absolute atomic E-state index is 8.92. The van der Waals surface area contributed by atoms with Crippen molar-refractivity contribution in [2.45, 2.75) is 25.8 Å². The zero-order chi connectivity index (χ0) is 9.26. The molecule has 3 nitrogen and oxygen atoms in total. The number of aliphatic hydroxyl groups is 1. The van der Waals surface area contributed by atoms with Gasteiger partial charge in [-0.15, -0.1) is 11.3 Å². The molecule has 0 unspecified atom stereocenters. The van der Waals surface area contributed by atoms with Gasteiger partial charge in [-0.2, -0.15) is 0 Å². The lowest BCUT2D eigenvalue weighted by molar-refractivity contribution is 0.301. The van der Waals surface area contributed by atoms with Crippen molar-refractivity contribution in [3.8, 4) is 0 Å². The molecule has 2 rings (SSSR count). The van der Waals surface area contributed by atoms with Crippen LogP contribution in [0, 0.1) is 6.92 Å². The molecule has 0 aromatic carbocycles. The molecule has 1 fully saturated rings. The van der Waals surface area contributed by atoms with Crippen LogP contribution in [0.1, 0.15) is 18.5 Å². The van der Waals surface area contributed by atoms with E-state index in [1.165, 1.54) is 12.8 Å². The third-order valence-corrected chi connectivity index (χ3v) is 3.18. The highest BCUT2D eigenvalue weighted by Gasteiger charge is 2.30. The fourth-order valence-electron chi connectivity index (χ4n) is 1.40. The summed E-state index contributed by atoms with van der Waals surface area (Å²) in [5, 5.41) is 12.0. The fourth-order valence-corrected chi connectivity index (χ4v) is 2.30. The third-order valence-electron chi connectivity index (χ3n) is 2.18. The molecule has 0 spiro atoms. The summed E-state index contributed by atoms with van der Waals surface area (Å²) in [6.07, 6.45) is 2.50. The van der Waals surface area contributed by atoms with Crippen molar-refractivity contribution in [3.05, 3.63) is 11.1 Å². The lowest BCUT2D eigenvalue weighted by Gasteiger charge is -2.19. The van der Waals surface area contributed by atoms with E-state index >= 15 is 0 Å². The first-order valence-electron chi connectivity index (χ1n) is 4.61. The molecule has 1 aliphatic rings. The number of aliphatic hydroxyl groups excluding tert-OH is 1. The minimum Gasteiger partial charge on any atom is -0.395 e. The van der Waals surface area contributed by atoms with Gasteiger partial charge >= 0.3 is 0 Å². The van der Waals surface area contributed by atoms with Crippen LogP contribution in [0.5, 0.6) is 0 Å². The van der Waals surface area contributed by atoms with Gasteiger partial charge < -0.3 is 10.0 Å². The Morgan fingerprint density at radius 2 is 2.46 bits per heavy atom. The Labute approximate surface area is 82.0 Å². The average molecular weight is 198 g/mol. The normalized spacial score (nSPS) is 16.2. The van der Waals surface area contributed by atoms with E-state index in [0.29, 0.717) is 6.04 Å². The van der Waals surface area contributed by atoms with Crippen molar-refractivity contribution in [1.82, 2.24) is 4.98 Å². The molecule has 0 atom stereocenters. The van der Waals surface area contributed by atoms with Crippen LogP contribution in [0.25, 0.3) is 0 Å². The molecule has 0 aliphatic heterocycles. The largest absolute Gasteiger partial charge is 0.395 e. The van der Waals surface area contributed by atoms with E-state index < -0.39 is 0 Å². The maximum Gasteiger partial charge on any atom is 0.185 e. The Hall–Kier alpha value is -0.610. The second-order valence-electron chi connectivity index (χ2n) is 3.42. The summed E-state index contributed by atoms with van der Waals surface area (Å²) in [5.74, 6) is 0. The second-order valence-corrected chi connectivity index (χ2v) is 4.26. The van der Waals surface area contributed by atoms with E-state index in [4.69, 9.17) is 5.11 Å². The number of aromatic nitrogens is 1. The number of hydrogen-bond acceptors (Lipinski definition) is 4. The molecule has 1 saturated carbocycles.